The number of carbonyl (C=O) groups is 1. The summed E-state index contributed by atoms with van der Waals surface area (Å²) in [6, 6.07) is 17.3. The number of amides is 1. The highest BCUT2D eigenvalue weighted by atomic mass is 32.2. The van der Waals surface area contributed by atoms with E-state index in [1.54, 1.807) is 12.1 Å². The Hall–Kier alpha value is -4.14. The van der Waals surface area contributed by atoms with E-state index in [4.69, 9.17) is 19.2 Å². The first-order chi connectivity index (χ1) is 18.0. The van der Waals surface area contributed by atoms with Gasteiger partial charge in [0.2, 0.25) is 16.8 Å². The molecule has 37 heavy (non-hydrogen) atoms. The maximum absolute atomic E-state index is 12.6. The van der Waals surface area contributed by atoms with Gasteiger partial charge in [0.15, 0.2) is 11.5 Å². The van der Waals surface area contributed by atoms with Crippen LogP contribution in [0.25, 0.3) is 22.4 Å². The third kappa shape index (κ3) is 5.82. The predicted octanol–water partition coefficient (Wildman–Crippen LogP) is 5.20. The molecule has 0 fully saturated rings. The number of aromatic nitrogens is 3. The van der Waals surface area contributed by atoms with Crippen molar-refractivity contribution in [2.24, 2.45) is 0 Å². The number of benzene rings is 2. The largest absolute Gasteiger partial charge is 0.493 e. The Labute approximate surface area is 222 Å². The van der Waals surface area contributed by atoms with Crippen molar-refractivity contribution in [3.8, 4) is 45.7 Å². The monoisotopic (exact) mass is 533 g/mol. The molecule has 0 radical (unpaired) electrons. The minimum Gasteiger partial charge on any atom is -0.493 e. The number of hydrogen-bond acceptors (Lipinski definition) is 10. The number of ether oxygens (including phenoxy) is 3. The molecule has 1 N–H and O–H groups in total. The normalized spacial score (nSPS) is 10.5. The van der Waals surface area contributed by atoms with Crippen LogP contribution in [0.15, 0.2) is 53.6 Å². The second-order valence-electron chi connectivity index (χ2n) is 7.59. The third-order valence-corrected chi connectivity index (χ3v) is 6.99. The maximum Gasteiger partial charge on any atom is 0.236 e. The number of nitrogens with one attached hydrogen (secondary N) is 1. The summed E-state index contributed by atoms with van der Waals surface area (Å²) >= 11 is 2.46. The van der Waals surface area contributed by atoms with Gasteiger partial charge in [0.05, 0.1) is 38.3 Å². The summed E-state index contributed by atoms with van der Waals surface area (Å²) < 4.78 is 16.5. The Bertz CT molecular complexity index is 1440. The summed E-state index contributed by atoms with van der Waals surface area (Å²) in [6.45, 7) is 1.81. The molecule has 4 rings (SSSR count). The zero-order valence-electron chi connectivity index (χ0n) is 20.6. The van der Waals surface area contributed by atoms with Crippen LogP contribution in [0.3, 0.4) is 0 Å². The lowest BCUT2D eigenvalue weighted by molar-refractivity contribution is -0.113. The predicted molar refractivity (Wildman–Crippen MR) is 143 cm³/mol. The summed E-state index contributed by atoms with van der Waals surface area (Å²) in [5.74, 6) is 1.13. The van der Waals surface area contributed by atoms with E-state index in [1.165, 1.54) is 44.4 Å². The highest BCUT2D eigenvalue weighted by Gasteiger charge is 2.21. The SMILES string of the molecule is COc1cc(-c2cc(-c3ccccc3)nc(SCC(=O)Nc3nnc(C)s3)c2C#N)cc(OC)c1OC. The van der Waals surface area contributed by atoms with Gasteiger partial charge in [-0.05, 0) is 30.7 Å². The Balaban J connectivity index is 1.79. The molecule has 2 heterocycles. The molecule has 188 valence electrons. The lowest BCUT2D eigenvalue weighted by Gasteiger charge is -2.16. The zero-order valence-corrected chi connectivity index (χ0v) is 22.2. The molecular formula is C26H23N5O4S2. The van der Waals surface area contributed by atoms with Crippen LogP contribution >= 0.6 is 23.1 Å². The number of hydrogen-bond donors (Lipinski definition) is 1. The molecule has 2 aromatic heterocycles. The highest BCUT2D eigenvalue weighted by Crippen LogP contribution is 2.43. The molecule has 0 saturated carbocycles. The number of methoxy groups -OCH3 is 3. The van der Waals surface area contributed by atoms with Gasteiger partial charge in [-0.25, -0.2) is 4.98 Å². The smallest absolute Gasteiger partial charge is 0.236 e. The van der Waals surface area contributed by atoms with Crippen LogP contribution in [0.2, 0.25) is 0 Å². The molecule has 0 bridgehead atoms. The van der Waals surface area contributed by atoms with Gasteiger partial charge in [-0.2, -0.15) is 5.26 Å². The average Bonchev–Trinajstić information content (AvgIpc) is 3.34. The van der Waals surface area contributed by atoms with Crippen molar-refractivity contribution in [1.82, 2.24) is 15.2 Å². The summed E-state index contributed by atoms with van der Waals surface area (Å²) in [5.41, 5.74) is 3.17. The quantitative estimate of drug-likeness (QED) is 0.289. The van der Waals surface area contributed by atoms with E-state index in [1.807, 2.05) is 43.3 Å². The van der Waals surface area contributed by atoms with Gasteiger partial charge in [-0.15, -0.1) is 10.2 Å². The van der Waals surface area contributed by atoms with Crippen molar-refractivity contribution < 1.29 is 19.0 Å². The van der Waals surface area contributed by atoms with E-state index in [2.05, 4.69) is 21.6 Å². The number of aryl methyl sites for hydroxylation is 1. The van der Waals surface area contributed by atoms with Gasteiger partial charge in [-0.1, -0.05) is 53.4 Å². The molecule has 0 saturated heterocycles. The van der Waals surface area contributed by atoms with Crippen molar-refractivity contribution in [3.63, 3.8) is 0 Å². The zero-order chi connectivity index (χ0) is 26.4. The molecule has 0 aliphatic rings. The van der Waals surface area contributed by atoms with Gasteiger partial charge < -0.3 is 14.2 Å². The van der Waals surface area contributed by atoms with E-state index in [0.717, 1.165) is 10.6 Å². The Morgan fingerprint density at radius 1 is 1.03 bits per heavy atom. The summed E-state index contributed by atoms with van der Waals surface area (Å²) in [5, 5.41) is 22.3. The summed E-state index contributed by atoms with van der Waals surface area (Å²) in [6.07, 6.45) is 0. The van der Waals surface area contributed by atoms with Crippen molar-refractivity contribution in [2.75, 3.05) is 32.4 Å². The molecule has 0 aliphatic carbocycles. The van der Waals surface area contributed by atoms with Crippen LogP contribution in [-0.2, 0) is 4.79 Å². The topological polar surface area (TPSA) is 119 Å². The van der Waals surface area contributed by atoms with Gasteiger partial charge >= 0.3 is 0 Å². The van der Waals surface area contributed by atoms with E-state index in [-0.39, 0.29) is 11.7 Å². The first-order valence-corrected chi connectivity index (χ1v) is 12.8. The van der Waals surface area contributed by atoms with E-state index >= 15 is 0 Å². The van der Waals surface area contributed by atoms with Crippen LogP contribution in [0.5, 0.6) is 17.2 Å². The van der Waals surface area contributed by atoms with Crippen LogP contribution in [0.1, 0.15) is 10.6 Å². The van der Waals surface area contributed by atoms with Crippen molar-refractivity contribution in [2.45, 2.75) is 11.9 Å². The fourth-order valence-electron chi connectivity index (χ4n) is 3.59. The van der Waals surface area contributed by atoms with Crippen molar-refractivity contribution in [3.05, 3.63) is 59.1 Å². The van der Waals surface area contributed by atoms with E-state index in [0.29, 0.717) is 49.8 Å². The van der Waals surface area contributed by atoms with Crippen molar-refractivity contribution >= 4 is 34.1 Å². The first-order valence-electron chi connectivity index (χ1n) is 11.0. The molecule has 2 aromatic carbocycles. The first kappa shape index (κ1) is 25.9. The lowest BCUT2D eigenvalue weighted by Crippen LogP contribution is -2.14. The molecule has 4 aromatic rings. The van der Waals surface area contributed by atoms with Gasteiger partial charge in [0.1, 0.15) is 16.1 Å². The van der Waals surface area contributed by atoms with Crippen LogP contribution < -0.4 is 19.5 Å². The molecule has 9 nitrogen and oxygen atoms in total. The number of anilines is 1. The molecule has 0 aliphatic heterocycles. The fraction of sp³-hybridized carbons (Fsp3) is 0.192. The number of carbonyl (C=O) groups excluding carboxylic acids is 1. The van der Waals surface area contributed by atoms with Gasteiger partial charge in [0, 0.05) is 11.1 Å². The van der Waals surface area contributed by atoms with Crippen LogP contribution in [-0.4, -0.2) is 48.2 Å². The molecule has 0 spiro atoms. The molecule has 0 unspecified atom stereocenters. The second kappa shape index (κ2) is 11.7. The van der Waals surface area contributed by atoms with E-state index < -0.39 is 0 Å². The average molecular weight is 534 g/mol. The second-order valence-corrected chi connectivity index (χ2v) is 9.74. The molecule has 11 heteroatoms. The minimum atomic E-state index is -0.272. The lowest BCUT2D eigenvalue weighted by atomic mass is 9.98. The standard InChI is InChI=1S/C26H23N5O4S2/c1-15-30-31-26(37-15)29-23(32)14-36-25-19(13-27)18(12-20(28-25)16-8-6-5-7-9-16)17-10-21(33-2)24(35-4)22(11-17)34-3/h5-12H,14H2,1-4H3,(H,29,31,32). The molecule has 0 atom stereocenters. The van der Waals surface area contributed by atoms with E-state index in [9.17, 15) is 10.1 Å². The minimum absolute atomic E-state index is 0.0350. The number of thioether (sulfide) groups is 1. The number of nitrogens with zero attached hydrogens (tertiary/aromatic N) is 4. The number of rotatable bonds is 9. The fourth-order valence-corrected chi connectivity index (χ4v) is 5.00. The number of pyridine rings is 1. The number of nitriles is 1. The highest BCUT2D eigenvalue weighted by molar-refractivity contribution is 8.00. The molecule has 1 amide bonds. The van der Waals surface area contributed by atoms with Gasteiger partial charge in [0.25, 0.3) is 0 Å². The summed E-state index contributed by atoms with van der Waals surface area (Å²) in [4.78, 5) is 17.3. The Kier molecular flexibility index (Phi) is 8.22. The van der Waals surface area contributed by atoms with Gasteiger partial charge in [-0.3, -0.25) is 10.1 Å². The van der Waals surface area contributed by atoms with Crippen molar-refractivity contribution in [1.29, 1.82) is 5.26 Å². The Morgan fingerprint density at radius 3 is 2.30 bits per heavy atom. The Morgan fingerprint density at radius 2 is 1.73 bits per heavy atom. The van der Waals surface area contributed by atoms with Crippen LogP contribution in [0, 0.1) is 18.3 Å². The summed E-state index contributed by atoms with van der Waals surface area (Å²) in [7, 11) is 4.60. The molecular weight excluding hydrogens is 510 g/mol. The third-order valence-electron chi connectivity index (χ3n) is 5.26. The maximum atomic E-state index is 12.6. The van der Waals surface area contributed by atoms with Crippen LogP contribution in [0.4, 0.5) is 5.13 Å².